The maximum atomic E-state index is 12.1. The van der Waals surface area contributed by atoms with Crippen molar-refractivity contribution in [3.63, 3.8) is 0 Å². The third-order valence-electron chi connectivity index (χ3n) is 3.44. The molecule has 4 heteroatoms. The number of likely N-dealkylation sites (N-methyl/N-ethyl adjacent to an activating group) is 1. The van der Waals surface area contributed by atoms with Crippen molar-refractivity contribution in [2.24, 2.45) is 0 Å². The molecule has 0 fully saturated rings. The normalized spacial score (nSPS) is 20.7. The Balaban J connectivity index is 1.97. The fourth-order valence-electron chi connectivity index (χ4n) is 2.24. The molecule has 0 spiro atoms. The lowest BCUT2D eigenvalue weighted by Crippen LogP contribution is -2.39. The van der Waals surface area contributed by atoms with Gasteiger partial charge in [0.25, 0.3) is 0 Å². The summed E-state index contributed by atoms with van der Waals surface area (Å²) in [5.74, 6) is 0.264. The number of amides is 1. The van der Waals surface area contributed by atoms with Crippen LogP contribution in [-0.4, -0.2) is 25.5 Å². The van der Waals surface area contributed by atoms with Crippen LogP contribution < -0.4 is 10.6 Å². The molecule has 0 aliphatic heterocycles. The summed E-state index contributed by atoms with van der Waals surface area (Å²) < 4.78 is 0. The van der Waals surface area contributed by atoms with Crippen molar-refractivity contribution < 1.29 is 4.79 Å². The molecule has 3 nitrogen and oxygen atoms in total. The van der Waals surface area contributed by atoms with Gasteiger partial charge in [0.2, 0.25) is 5.91 Å². The van der Waals surface area contributed by atoms with Gasteiger partial charge in [0.15, 0.2) is 0 Å². The Bertz CT molecular complexity index is 389. The van der Waals surface area contributed by atoms with Gasteiger partial charge in [0, 0.05) is 17.5 Å². The maximum Gasteiger partial charge on any atom is 0.227 e. The van der Waals surface area contributed by atoms with Crippen molar-refractivity contribution in [3.05, 3.63) is 21.9 Å². The smallest absolute Gasteiger partial charge is 0.227 e. The SMILES string of the molecule is CNC(C)CNC(=O)C1CCCc2sccc21. The van der Waals surface area contributed by atoms with E-state index in [1.54, 1.807) is 11.3 Å². The molecule has 94 valence electrons. The molecule has 0 aromatic carbocycles. The summed E-state index contributed by atoms with van der Waals surface area (Å²) in [6, 6.07) is 2.44. The fourth-order valence-corrected chi connectivity index (χ4v) is 3.23. The third kappa shape index (κ3) is 2.87. The second-order valence-corrected chi connectivity index (χ2v) is 5.68. The van der Waals surface area contributed by atoms with Crippen molar-refractivity contribution in [1.29, 1.82) is 0 Å². The first-order chi connectivity index (χ1) is 8.22. The molecule has 2 unspecified atom stereocenters. The zero-order valence-corrected chi connectivity index (χ0v) is 11.3. The van der Waals surface area contributed by atoms with E-state index in [1.165, 1.54) is 10.4 Å². The Morgan fingerprint density at radius 3 is 3.24 bits per heavy atom. The first-order valence-corrected chi connectivity index (χ1v) is 7.11. The molecular formula is C13H20N2OS. The Kier molecular flexibility index (Phi) is 4.18. The minimum Gasteiger partial charge on any atom is -0.354 e. The van der Waals surface area contributed by atoms with Gasteiger partial charge in [-0.3, -0.25) is 4.79 Å². The number of hydrogen-bond acceptors (Lipinski definition) is 3. The van der Waals surface area contributed by atoms with E-state index >= 15 is 0 Å². The van der Waals surface area contributed by atoms with Gasteiger partial charge < -0.3 is 10.6 Å². The van der Waals surface area contributed by atoms with E-state index in [9.17, 15) is 4.79 Å². The van der Waals surface area contributed by atoms with Crippen molar-refractivity contribution in [1.82, 2.24) is 10.6 Å². The Morgan fingerprint density at radius 1 is 1.65 bits per heavy atom. The topological polar surface area (TPSA) is 41.1 Å². The van der Waals surface area contributed by atoms with Crippen LogP contribution in [0.25, 0.3) is 0 Å². The van der Waals surface area contributed by atoms with Crippen LogP contribution in [0.1, 0.15) is 36.1 Å². The number of nitrogens with one attached hydrogen (secondary N) is 2. The number of fused-ring (bicyclic) bond motifs is 1. The van der Waals surface area contributed by atoms with E-state index in [4.69, 9.17) is 0 Å². The first kappa shape index (κ1) is 12.6. The number of aryl methyl sites for hydroxylation is 1. The molecule has 2 rings (SSSR count). The van der Waals surface area contributed by atoms with Gasteiger partial charge in [0.1, 0.15) is 0 Å². The predicted octanol–water partition coefficient (Wildman–Crippen LogP) is 1.89. The highest BCUT2D eigenvalue weighted by Gasteiger charge is 2.27. The van der Waals surface area contributed by atoms with Crippen molar-refractivity contribution in [3.8, 4) is 0 Å². The molecule has 0 bridgehead atoms. The molecule has 1 aliphatic carbocycles. The molecule has 1 aromatic heterocycles. The van der Waals surface area contributed by atoms with Crippen molar-refractivity contribution >= 4 is 17.2 Å². The minimum atomic E-state index is 0.0778. The lowest BCUT2D eigenvalue weighted by Gasteiger charge is -2.22. The Hall–Kier alpha value is -0.870. The number of thiophene rings is 1. The number of rotatable bonds is 4. The lowest BCUT2D eigenvalue weighted by atomic mass is 9.87. The molecule has 0 radical (unpaired) electrons. The van der Waals surface area contributed by atoms with E-state index in [2.05, 4.69) is 29.0 Å². The molecular weight excluding hydrogens is 232 g/mol. The summed E-state index contributed by atoms with van der Waals surface area (Å²) in [6.45, 7) is 2.77. The summed E-state index contributed by atoms with van der Waals surface area (Å²) in [5.41, 5.74) is 1.26. The van der Waals surface area contributed by atoms with Gasteiger partial charge >= 0.3 is 0 Å². The molecule has 1 heterocycles. The number of carbonyl (C=O) groups is 1. The standard InChI is InChI=1S/C13H20N2OS/c1-9(14-2)8-15-13(16)11-4-3-5-12-10(11)6-7-17-12/h6-7,9,11,14H,3-5,8H2,1-2H3,(H,15,16). The van der Waals surface area contributed by atoms with Crippen molar-refractivity contribution in [2.45, 2.75) is 38.1 Å². The number of hydrogen-bond donors (Lipinski definition) is 2. The fraction of sp³-hybridized carbons (Fsp3) is 0.615. The molecule has 0 saturated carbocycles. The molecule has 1 amide bonds. The zero-order chi connectivity index (χ0) is 12.3. The average Bonchev–Trinajstić information content (AvgIpc) is 2.83. The Labute approximate surface area is 107 Å². The minimum absolute atomic E-state index is 0.0778. The monoisotopic (exact) mass is 252 g/mol. The van der Waals surface area contributed by atoms with Crippen LogP contribution in [0.4, 0.5) is 0 Å². The summed E-state index contributed by atoms with van der Waals surface area (Å²) >= 11 is 1.78. The van der Waals surface area contributed by atoms with Crippen LogP contribution in [0, 0.1) is 0 Å². The van der Waals surface area contributed by atoms with Crippen LogP contribution >= 0.6 is 11.3 Å². The van der Waals surface area contributed by atoms with Crippen LogP contribution in [0.3, 0.4) is 0 Å². The average molecular weight is 252 g/mol. The van der Waals surface area contributed by atoms with Crippen molar-refractivity contribution in [2.75, 3.05) is 13.6 Å². The molecule has 2 atom stereocenters. The summed E-state index contributed by atoms with van der Waals surface area (Å²) in [7, 11) is 1.91. The maximum absolute atomic E-state index is 12.1. The summed E-state index contributed by atoms with van der Waals surface area (Å²) in [5, 5.41) is 8.27. The van der Waals surface area contributed by atoms with Gasteiger partial charge in [-0.05, 0) is 50.2 Å². The van der Waals surface area contributed by atoms with Crippen LogP contribution in [0.5, 0.6) is 0 Å². The molecule has 0 saturated heterocycles. The lowest BCUT2D eigenvalue weighted by molar-refractivity contribution is -0.122. The van der Waals surface area contributed by atoms with E-state index in [1.807, 2.05) is 7.05 Å². The van der Waals surface area contributed by atoms with Gasteiger partial charge in [0.05, 0.1) is 5.92 Å². The molecule has 2 N–H and O–H groups in total. The quantitative estimate of drug-likeness (QED) is 0.859. The molecule has 1 aromatic rings. The van der Waals surface area contributed by atoms with Gasteiger partial charge in [-0.25, -0.2) is 0 Å². The van der Waals surface area contributed by atoms with Gasteiger partial charge in [-0.15, -0.1) is 11.3 Å². The zero-order valence-electron chi connectivity index (χ0n) is 10.5. The van der Waals surface area contributed by atoms with Crippen LogP contribution in [0.2, 0.25) is 0 Å². The van der Waals surface area contributed by atoms with Crippen LogP contribution in [-0.2, 0) is 11.2 Å². The van der Waals surface area contributed by atoms with E-state index < -0.39 is 0 Å². The highest BCUT2D eigenvalue weighted by molar-refractivity contribution is 7.10. The molecule has 17 heavy (non-hydrogen) atoms. The number of carbonyl (C=O) groups excluding carboxylic acids is 1. The second kappa shape index (κ2) is 5.65. The largest absolute Gasteiger partial charge is 0.354 e. The van der Waals surface area contributed by atoms with Crippen LogP contribution in [0.15, 0.2) is 11.4 Å². The summed E-state index contributed by atoms with van der Waals surface area (Å²) in [6.07, 6.45) is 3.26. The first-order valence-electron chi connectivity index (χ1n) is 6.23. The second-order valence-electron chi connectivity index (χ2n) is 4.68. The third-order valence-corrected chi connectivity index (χ3v) is 4.44. The Morgan fingerprint density at radius 2 is 2.47 bits per heavy atom. The molecule has 1 aliphatic rings. The van der Waals surface area contributed by atoms with E-state index in [-0.39, 0.29) is 11.8 Å². The summed E-state index contributed by atoms with van der Waals surface area (Å²) in [4.78, 5) is 13.5. The van der Waals surface area contributed by atoms with E-state index in [0.29, 0.717) is 12.6 Å². The van der Waals surface area contributed by atoms with Gasteiger partial charge in [-0.1, -0.05) is 0 Å². The van der Waals surface area contributed by atoms with E-state index in [0.717, 1.165) is 19.3 Å². The van der Waals surface area contributed by atoms with Gasteiger partial charge in [-0.2, -0.15) is 0 Å². The highest BCUT2D eigenvalue weighted by Crippen LogP contribution is 2.34. The highest BCUT2D eigenvalue weighted by atomic mass is 32.1. The predicted molar refractivity (Wildman–Crippen MR) is 71.5 cm³/mol.